The molecule has 96 valence electrons. The van der Waals surface area contributed by atoms with Gasteiger partial charge in [0.2, 0.25) is 5.88 Å². The van der Waals surface area contributed by atoms with Gasteiger partial charge in [0.05, 0.1) is 6.61 Å². The fourth-order valence-electron chi connectivity index (χ4n) is 1.40. The van der Waals surface area contributed by atoms with Crippen LogP contribution in [0.25, 0.3) is 0 Å². The Hall–Kier alpha value is -1.13. The third-order valence-corrected chi connectivity index (χ3v) is 2.13. The van der Waals surface area contributed by atoms with Gasteiger partial charge in [-0.05, 0) is 19.0 Å². The van der Waals surface area contributed by atoms with Crippen molar-refractivity contribution in [2.75, 3.05) is 26.9 Å². The molecule has 0 aliphatic carbocycles. The van der Waals surface area contributed by atoms with Gasteiger partial charge in [0.15, 0.2) is 0 Å². The molecule has 0 aliphatic heterocycles. The lowest BCUT2D eigenvalue weighted by molar-refractivity contribution is 0.0803. The van der Waals surface area contributed by atoms with Crippen molar-refractivity contribution in [1.82, 2.24) is 10.3 Å². The van der Waals surface area contributed by atoms with Crippen molar-refractivity contribution < 1.29 is 9.47 Å². The Bertz CT molecular complexity index is 316. The summed E-state index contributed by atoms with van der Waals surface area (Å²) < 4.78 is 11.0. The zero-order chi connectivity index (χ0) is 12.5. The van der Waals surface area contributed by atoms with Crippen molar-refractivity contribution in [2.24, 2.45) is 5.92 Å². The lowest BCUT2D eigenvalue weighted by atomic mass is 10.2. The second kappa shape index (κ2) is 8.03. The molecule has 0 aromatic carbocycles. The largest absolute Gasteiger partial charge is 0.475 e. The molecule has 4 heteroatoms. The molecular weight excluding hydrogens is 216 g/mol. The van der Waals surface area contributed by atoms with Crippen LogP contribution in [0.5, 0.6) is 5.88 Å². The molecule has 0 fully saturated rings. The van der Waals surface area contributed by atoms with Crippen LogP contribution >= 0.6 is 0 Å². The molecule has 1 rings (SSSR count). The molecule has 4 nitrogen and oxygen atoms in total. The van der Waals surface area contributed by atoms with E-state index < -0.39 is 0 Å². The average Bonchev–Trinajstić information content (AvgIpc) is 2.31. The van der Waals surface area contributed by atoms with Crippen LogP contribution in [-0.2, 0) is 11.3 Å². The summed E-state index contributed by atoms with van der Waals surface area (Å²) in [4.78, 5) is 4.21. The van der Waals surface area contributed by atoms with Crippen LogP contribution in [0.15, 0.2) is 18.3 Å². The van der Waals surface area contributed by atoms with E-state index in [1.165, 1.54) is 0 Å². The summed E-state index contributed by atoms with van der Waals surface area (Å²) in [6.07, 6.45) is 1.74. The second-order valence-electron chi connectivity index (χ2n) is 4.32. The summed E-state index contributed by atoms with van der Waals surface area (Å²) in [5.41, 5.74) is 1.07. The average molecular weight is 238 g/mol. The highest BCUT2D eigenvalue weighted by atomic mass is 16.5. The molecule has 1 aromatic rings. The van der Waals surface area contributed by atoms with Crippen molar-refractivity contribution in [3.63, 3.8) is 0 Å². The van der Waals surface area contributed by atoms with Gasteiger partial charge in [0.1, 0.15) is 6.61 Å². The lowest BCUT2D eigenvalue weighted by Crippen LogP contribution is -2.13. The topological polar surface area (TPSA) is 43.4 Å². The van der Waals surface area contributed by atoms with Crippen molar-refractivity contribution in [3.8, 4) is 5.88 Å². The highest BCUT2D eigenvalue weighted by Gasteiger charge is 2.03. The van der Waals surface area contributed by atoms with Crippen molar-refractivity contribution >= 4 is 0 Å². The van der Waals surface area contributed by atoms with Gasteiger partial charge in [0.25, 0.3) is 0 Å². The molecular formula is C13H22N2O2. The minimum Gasteiger partial charge on any atom is -0.475 e. The number of hydrogen-bond acceptors (Lipinski definition) is 4. The third-order valence-electron chi connectivity index (χ3n) is 2.13. The van der Waals surface area contributed by atoms with Crippen LogP contribution in [0.2, 0.25) is 0 Å². The van der Waals surface area contributed by atoms with Gasteiger partial charge in [-0.2, -0.15) is 0 Å². The van der Waals surface area contributed by atoms with Crippen LogP contribution in [0.1, 0.15) is 19.4 Å². The zero-order valence-corrected chi connectivity index (χ0v) is 10.9. The number of pyridine rings is 1. The first-order chi connectivity index (χ1) is 8.24. The molecule has 0 atom stereocenters. The first-order valence-electron chi connectivity index (χ1n) is 6.03. The Morgan fingerprint density at radius 3 is 2.88 bits per heavy atom. The monoisotopic (exact) mass is 238 g/mol. The summed E-state index contributed by atoms with van der Waals surface area (Å²) in [6, 6.07) is 3.92. The number of hydrogen-bond donors (Lipinski definition) is 1. The second-order valence-corrected chi connectivity index (χ2v) is 4.32. The zero-order valence-electron chi connectivity index (χ0n) is 10.9. The number of ether oxygens (including phenoxy) is 2. The van der Waals surface area contributed by atoms with E-state index in [1.807, 2.05) is 19.2 Å². The summed E-state index contributed by atoms with van der Waals surface area (Å²) in [5.74, 6) is 1.25. The van der Waals surface area contributed by atoms with Crippen molar-refractivity contribution in [3.05, 3.63) is 23.9 Å². The normalized spacial score (nSPS) is 10.8. The highest BCUT2D eigenvalue weighted by molar-refractivity contribution is 5.25. The van der Waals surface area contributed by atoms with Crippen LogP contribution < -0.4 is 10.1 Å². The number of aromatic nitrogens is 1. The Labute approximate surface area is 103 Å². The number of nitrogens with zero attached hydrogens (tertiary/aromatic N) is 1. The molecule has 0 unspecified atom stereocenters. The first-order valence-corrected chi connectivity index (χ1v) is 6.03. The number of rotatable bonds is 8. The fraction of sp³-hybridized carbons (Fsp3) is 0.615. The maximum Gasteiger partial charge on any atom is 0.217 e. The summed E-state index contributed by atoms with van der Waals surface area (Å²) in [7, 11) is 1.91. The van der Waals surface area contributed by atoms with Gasteiger partial charge in [0, 0.05) is 24.9 Å². The fourth-order valence-corrected chi connectivity index (χ4v) is 1.40. The summed E-state index contributed by atoms with van der Waals surface area (Å²) in [5, 5.41) is 3.09. The summed E-state index contributed by atoms with van der Waals surface area (Å²) in [6.45, 7) is 6.94. The standard InChI is InChI=1S/C13H22N2O2/c1-11(2)10-16-7-8-17-13-12(9-14-3)5-4-6-15-13/h4-6,11,14H,7-10H2,1-3H3. The van der Waals surface area contributed by atoms with Gasteiger partial charge >= 0.3 is 0 Å². The SMILES string of the molecule is CNCc1cccnc1OCCOCC(C)C. The van der Waals surface area contributed by atoms with Gasteiger partial charge < -0.3 is 14.8 Å². The Morgan fingerprint density at radius 1 is 1.35 bits per heavy atom. The quantitative estimate of drug-likeness (QED) is 0.702. The molecule has 0 saturated carbocycles. The van der Waals surface area contributed by atoms with Crippen LogP contribution in [0.3, 0.4) is 0 Å². The van der Waals surface area contributed by atoms with E-state index in [2.05, 4.69) is 24.1 Å². The van der Waals surface area contributed by atoms with Crippen LogP contribution in [-0.4, -0.2) is 31.9 Å². The molecule has 0 bridgehead atoms. The minimum absolute atomic E-state index is 0.542. The predicted molar refractivity (Wildman–Crippen MR) is 68.2 cm³/mol. The van der Waals surface area contributed by atoms with E-state index >= 15 is 0 Å². The molecule has 0 aliphatic rings. The van der Waals surface area contributed by atoms with E-state index in [1.54, 1.807) is 6.20 Å². The highest BCUT2D eigenvalue weighted by Crippen LogP contribution is 2.13. The Kier molecular flexibility index (Phi) is 6.58. The molecule has 0 amide bonds. The van der Waals surface area contributed by atoms with Gasteiger partial charge in [-0.3, -0.25) is 0 Å². The maximum atomic E-state index is 5.60. The van der Waals surface area contributed by atoms with Crippen LogP contribution in [0.4, 0.5) is 0 Å². The Morgan fingerprint density at radius 2 is 2.18 bits per heavy atom. The maximum absolute atomic E-state index is 5.60. The van der Waals surface area contributed by atoms with Crippen molar-refractivity contribution in [2.45, 2.75) is 20.4 Å². The van der Waals surface area contributed by atoms with Gasteiger partial charge in [-0.25, -0.2) is 4.98 Å². The van der Waals surface area contributed by atoms with E-state index in [4.69, 9.17) is 9.47 Å². The third kappa shape index (κ3) is 5.65. The predicted octanol–water partition coefficient (Wildman–Crippen LogP) is 1.85. The molecule has 0 spiro atoms. The van der Waals surface area contributed by atoms with Crippen LogP contribution in [0, 0.1) is 5.92 Å². The molecule has 0 saturated heterocycles. The smallest absolute Gasteiger partial charge is 0.217 e. The van der Waals surface area contributed by atoms with Crippen molar-refractivity contribution in [1.29, 1.82) is 0 Å². The van der Waals surface area contributed by atoms with E-state index in [-0.39, 0.29) is 0 Å². The molecule has 1 N–H and O–H groups in total. The van der Waals surface area contributed by atoms with E-state index in [9.17, 15) is 0 Å². The molecule has 1 heterocycles. The summed E-state index contributed by atoms with van der Waals surface area (Å²) >= 11 is 0. The molecule has 1 aromatic heterocycles. The first kappa shape index (κ1) is 13.9. The lowest BCUT2D eigenvalue weighted by Gasteiger charge is -2.10. The minimum atomic E-state index is 0.542. The molecule has 0 radical (unpaired) electrons. The van der Waals surface area contributed by atoms with E-state index in [0.717, 1.165) is 18.7 Å². The van der Waals surface area contributed by atoms with E-state index in [0.29, 0.717) is 25.0 Å². The molecule has 17 heavy (non-hydrogen) atoms. The van der Waals surface area contributed by atoms with Gasteiger partial charge in [-0.1, -0.05) is 19.9 Å². The Balaban J connectivity index is 2.30. The number of nitrogens with one attached hydrogen (secondary N) is 1. The van der Waals surface area contributed by atoms with Gasteiger partial charge in [-0.15, -0.1) is 0 Å².